The summed E-state index contributed by atoms with van der Waals surface area (Å²) in [6, 6.07) is 15.0. The zero-order chi connectivity index (χ0) is 29.4. The number of anilines is 1. The number of carbonyl (C=O) groups is 3. The predicted octanol–water partition coefficient (Wildman–Crippen LogP) is 3.95. The number of hydrogen-bond acceptors (Lipinski definition) is 8. The first-order valence-corrected chi connectivity index (χ1v) is 13.6. The van der Waals surface area contributed by atoms with Crippen molar-refractivity contribution in [2.24, 2.45) is 0 Å². The summed E-state index contributed by atoms with van der Waals surface area (Å²) in [7, 11) is 0. The Morgan fingerprint density at radius 3 is 2.81 bits per heavy atom. The van der Waals surface area contributed by atoms with E-state index < -0.39 is 29.6 Å². The highest BCUT2D eigenvalue weighted by Gasteiger charge is 2.36. The van der Waals surface area contributed by atoms with Crippen LogP contribution in [0.4, 0.5) is 10.2 Å². The van der Waals surface area contributed by atoms with E-state index in [0.29, 0.717) is 10.9 Å². The summed E-state index contributed by atoms with van der Waals surface area (Å²) in [4.78, 5) is 48.0. The van der Waals surface area contributed by atoms with Gasteiger partial charge in [0, 0.05) is 28.7 Å². The summed E-state index contributed by atoms with van der Waals surface area (Å²) in [6.07, 6.45) is 1.46. The van der Waals surface area contributed by atoms with Crippen molar-refractivity contribution in [1.82, 2.24) is 29.5 Å². The topological polar surface area (TPSA) is 155 Å². The monoisotopic (exact) mass is 600 g/mol. The molecule has 0 bridgehead atoms. The fraction of sp³-hybridized carbons (Fsp3) is 0.107. The molecule has 3 N–H and O–H groups in total. The van der Waals surface area contributed by atoms with E-state index in [1.807, 2.05) is 18.2 Å². The average molecular weight is 601 g/mol. The van der Waals surface area contributed by atoms with Gasteiger partial charge < -0.3 is 20.5 Å². The molecule has 0 saturated carbocycles. The van der Waals surface area contributed by atoms with Crippen LogP contribution in [-0.2, 0) is 17.9 Å². The highest BCUT2D eigenvalue weighted by Crippen LogP contribution is 2.36. The third-order valence-electron chi connectivity index (χ3n) is 6.58. The summed E-state index contributed by atoms with van der Waals surface area (Å²) in [6.45, 7) is -0.236. The Bertz CT molecular complexity index is 1930. The molecule has 1 aliphatic heterocycles. The molecule has 4 heterocycles. The normalized spacial score (nSPS) is 14.1. The lowest BCUT2D eigenvalue weighted by Crippen LogP contribution is -2.41. The van der Waals surface area contributed by atoms with Crippen LogP contribution in [0.15, 0.2) is 60.8 Å². The van der Waals surface area contributed by atoms with Crippen molar-refractivity contribution in [3.8, 4) is 6.07 Å². The first kappa shape index (κ1) is 27.0. The number of halogens is 2. The molecule has 208 valence electrons. The van der Waals surface area contributed by atoms with Crippen molar-refractivity contribution in [3.63, 3.8) is 0 Å². The fourth-order valence-corrected chi connectivity index (χ4v) is 5.64. The summed E-state index contributed by atoms with van der Waals surface area (Å²) in [5.41, 5.74) is 1.47. The molecule has 6 rings (SSSR count). The molecule has 0 fully saturated rings. The van der Waals surface area contributed by atoms with Crippen molar-refractivity contribution in [2.45, 2.75) is 19.1 Å². The quantitative estimate of drug-likeness (QED) is 0.266. The van der Waals surface area contributed by atoms with Crippen LogP contribution in [0.5, 0.6) is 0 Å². The lowest BCUT2D eigenvalue weighted by atomic mass is 10.0. The first-order valence-electron chi connectivity index (χ1n) is 12.5. The van der Waals surface area contributed by atoms with Crippen molar-refractivity contribution in [1.29, 1.82) is 5.26 Å². The van der Waals surface area contributed by atoms with Crippen LogP contribution in [0.2, 0.25) is 5.02 Å². The third-order valence-corrected chi connectivity index (χ3v) is 7.75. The largest absolute Gasteiger partial charge is 0.345 e. The second kappa shape index (κ2) is 11.0. The van der Waals surface area contributed by atoms with E-state index in [2.05, 4.69) is 30.3 Å². The number of pyridine rings is 1. The predicted molar refractivity (Wildman–Crippen MR) is 151 cm³/mol. The average Bonchev–Trinajstić information content (AvgIpc) is 3.59. The van der Waals surface area contributed by atoms with Gasteiger partial charge in [-0.15, -0.1) is 0 Å². The minimum Gasteiger partial charge on any atom is -0.345 e. The molecule has 14 heteroatoms. The molecule has 3 aromatic heterocycles. The number of fused-ring (bicyclic) bond motifs is 2. The maximum absolute atomic E-state index is 14.3. The smallest absolute Gasteiger partial charge is 0.287 e. The van der Waals surface area contributed by atoms with Gasteiger partial charge in [0.05, 0.1) is 16.4 Å². The molecule has 1 unspecified atom stereocenters. The number of nitriles is 1. The van der Waals surface area contributed by atoms with Gasteiger partial charge in [-0.2, -0.15) is 9.64 Å². The van der Waals surface area contributed by atoms with E-state index in [1.165, 1.54) is 35.0 Å². The summed E-state index contributed by atoms with van der Waals surface area (Å²) < 4.78 is 20.8. The Kier molecular flexibility index (Phi) is 7.07. The molecule has 5 aromatic rings. The Morgan fingerprint density at radius 2 is 2.02 bits per heavy atom. The number of aromatic nitrogens is 4. The van der Waals surface area contributed by atoms with Crippen LogP contribution < -0.4 is 16.0 Å². The van der Waals surface area contributed by atoms with Crippen LogP contribution in [0.1, 0.15) is 49.7 Å². The van der Waals surface area contributed by atoms with E-state index in [-0.39, 0.29) is 52.4 Å². The van der Waals surface area contributed by atoms with Gasteiger partial charge in [-0.05, 0) is 47.4 Å². The molecule has 0 aliphatic carbocycles. The molecule has 1 aliphatic rings. The molecule has 2 aromatic carbocycles. The Balaban J connectivity index is 1.40. The van der Waals surface area contributed by atoms with E-state index in [0.717, 1.165) is 16.2 Å². The van der Waals surface area contributed by atoms with Crippen molar-refractivity contribution >= 4 is 56.8 Å². The summed E-state index contributed by atoms with van der Waals surface area (Å²) in [5.74, 6) is -2.46. The van der Waals surface area contributed by atoms with Crippen LogP contribution in [0.25, 0.3) is 10.1 Å². The van der Waals surface area contributed by atoms with E-state index in [1.54, 1.807) is 18.2 Å². The number of hydrogen-bond donors (Lipinski definition) is 3. The van der Waals surface area contributed by atoms with Gasteiger partial charge in [0.1, 0.15) is 29.8 Å². The Hall–Kier alpha value is -5.19. The number of rotatable bonds is 6. The van der Waals surface area contributed by atoms with Crippen molar-refractivity contribution < 1.29 is 18.8 Å². The zero-order valence-electron chi connectivity index (χ0n) is 21.4. The van der Waals surface area contributed by atoms with Gasteiger partial charge in [0.15, 0.2) is 5.82 Å². The third kappa shape index (κ3) is 5.05. The SMILES string of the molecule is N#Cc1ccc(CNC(=O)c2nc(NC(=O)c3nsc4ccccc34)c3n2CC(=O)NC3c2cc(F)ccc2Cl)cn1. The van der Waals surface area contributed by atoms with Gasteiger partial charge in [-0.3, -0.25) is 14.4 Å². The maximum Gasteiger partial charge on any atom is 0.287 e. The highest BCUT2D eigenvalue weighted by molar-refractivity contribution is 7.13. The minimum absolute atomic E-state index is 0.0207. The Morgan fingerprint density at radius 1 is 1.19 bits per heavy atom. The molecule has 3 amide bonds. The maximum atomic E-state index is 14.3. The van der Waals surface area contributed by atoms with Gasteiger partial charge >= 0.3 is 0 Å². The van der Waals surface area contributed by atoms with Gasteiger partial charge in [0.25, 0.3) is 11.8 Å². The van der Waals surface area contributed by atoms with Gasteiger partial charge in [0.2, 0.25) is 11.7 Å². The number of carbonyl (C=O) groups excluding carboxylic acids is 3. The number of amides is 3. The van der Waals surface area contributed by atoms with Gasteiger partial charge in [-0.25, -0.2) is 14.4 Å². The molecular formula is C28H18ClFN8O3S. The van der Waals surface area contributed by atoms with Crippen LogP contribution in [0, 0.1) is 17.1 Å². The van der Waals surface area contributed by atoms with Crippen LogP contribution in [-0.4, -0.2) is 36.6 Å². The Labute approximate surface area is 246 Å². The number of nitrogens with one attached hydrogen (secondary N) is 3. The van der Waals surface area contributed by atoms with Gasteiger partial charge in [-0.1, -0.05) is 35.9 Å². The second-order valence-electron chi connectivity index (χ2n) is 9.25. The van der Waals surface area contributed by atoms with E-state index in [9.17, 15) is 18.8 Å². The summed E-state index contributed by atoms with van der Waals surface area (Å²) >= 11 is 7.57. The molecule has 0 saturated heterocycles. The zero-order valence-corrected chi connectivity index (χ0v) is 23.0. The van der Waals surface area contributed by atoms with Crippen molar-refractivity contribution in [3.05, 3.63) is 106 Å². The molecule has 11 nitrogen and oxygen atoms in total. The van der Waals surface area contributed by atoms with E-state index in [4.69, 9.17) is 16.9 Å². The lowest BCUT2D eigenvalue weighted by molar-refractivity contribution is -0.123. The number of nitrogens with zero attached hydrogens (tertiary/aromatic N) is 5. The first-order chi connectivity index (χ1) is 20.3. The summed E-state index contributed by atoms with van der Waals surface area (Å²) in [5, 5.41) is 18.0. The fourth-order valence-electron chi connectivity index (χ4n) is 4.64. The van der Waals surface area contributed by atoms with Crippen LogP contribution in [0.3, 0.4) is 0 Å². The number of benzene rings is 2. The lowest BCUT2D eigenvalue weighted by Gasteiger charge is -2.28. The molecule has 0 spiro atoms. The van der Waals surface area contributed by atoms with E-state index >= 15 is 0 Å². The molecule has 0 radical (unpaired) electrons. The van der Waals surface area contributed by atoms with Crippen molar-refractivity contribution in [2.75, 3.05) is 5.32 Å². The molecular weight excluding hydrogens is 583 g/mol. The van der Waals surface area contributed by atoms with Crippen LogP contribution >= 0.6 is 23.1 Å². The molecule has 42 heavy (non-hydrogen) atoms. The standard InChI is InChI=1S/C28H18ClFN8O3S/c29-19-8-6-15(30)9-18(19)22-24-25(36-27(40)23-17-3-1-2-4-20(17)42-37-23)35-26(38(24)13-21(39)34-22)28(41)33-12-14-5-7-16(10-31)32-11-14/h1-9,11,22H,12-13H2,(H,33,41)(H,34,39)(H,36,40). The number of imidazole rings is 1. The minimum atomic E-state index is -1.03. The highest BCUT2D eigenvalue weighted by atomic mass is 35.5. The molecule has 1 atom stereocenters. The second-order valence-corrected chi connectivity index (χ2v) is 10.5.